The first-order chi connectivity index (χ1) is 4.56. The van der Waals surface area contributed by atoms with Crippen LogP contribution in [0.5, 0.6) is 0 Å². The van der Waals surface area contributed by atoms with Crippen molar-refractivity contribution in [3.05, 3.63) is 0 Å². The first-order valence-corrected chi connectivity index (χ1v) is 5.88. The van der Waals surface area contributed by atoms with E-state index < -0.39 is 24.0 Å². The second-order valence-corrected chi connectivity index (χ2v) is 4.74. The van der Waals surface area contributed by atoms with Gasteiger partial charge in [0.15, 0.2) is 0 Å². The minimum absolute atomic E-state index is 0.562. The van der Waals surface area contributed by atoms with Crippen molar-refractivity contribution in [2.45, 2.75) is 0 Å². The average molecular weight is 207 g/mol. The first kappa shape index (κ1) is 13.6. The zero-order chi connectivity index (χ0) is 9.71. The number of hydrogen-bond acceptors (Lipinski definition) is 4. The third-order valence-corrected chi connectivity index (χ3v) is 0.714. The van der Waals surface area contributed by atoms with E-state index in [1.54, 1.807) is 0 Å². The monoisotopic (exact) mass is 207 g/mol. The van der Waals surface area contributed by atoms with Crippen LogP contribution < -0.4 is 5.73 Å². The third kappa shape index (κ3) is 70.7. The maximum absolute atomic E-state index is 9.57. The number of nitrogens with two attached hydrogens (primary N) is 1. The Kier molecular flexibility index (Phi) is 5.95. The van der Waals surface area contributed by atoms with Crippen LogP contribution in [0.15, 0.2) is 0 Å². The molecule has 0 heterocycles. The van der Waals surface area contributed by atoms with Gasteiger partial charge in [0.2, 0.25) is 0 Å². The standard InChI is InChI=1S/CH6NO3P.CH4O3S/c2-1-6(3,4)5;1-5(2,3)4/h1-2H2,(H2,3,4,5);1H3,(H,2,3,4). The molecule has 0 aromatic rings. The Balaban J connectivity index is 0. The minimum Gasteiger partial charge on any atom is -0.324 e. The van der Waals surface area contributed by atoms with Gasteiger partial charge in [-0.1, -0.05) is 0 Å². The lowest BCUT2D eigenvalue weighted by atomic mass is 11.6. The van der Waals surface area contributed by atoms with Gasteiger partial charge in [-0.2, -0.15) is 8.42 Å². The molecule has 0 rings (SSSR count). The maximum atomic E-state index is 9.57. The van der Waals surface area contributed by atoms with Crippen LogP contribution in [0.3, 0.4) is 0 Å². The fourth-order valence-electron chi connectivity index (χ4n) is 0. The van der Waals surface area contributed by atoms with Gasteiger partial charge < -0.3 is 15.5 Å². The Morgan fingerprint density at radius 1 is 1.45 bits per heavy atom. The fourth-order valence-corrected chi connectivity index (χ4v) is 0. The zero-order valence-corrected chi connectivity index (χ0v) is 7.42. The van der Waals surface area contributed by atoms with Crippen molar-refractivity contribution in [3.63, 3.8) is 0 Å². The average Bonchev–Trinajstić information content (AvgIpc) is 1.59. The van der Waals surface area contributed by atoms with E-state index in [4.69, 9.17) is 14.3 Å². The molecule has 11 heavy (non-hydrogen) atoms. The van der Waals surface area contributed by atoms with Crippen LogP contribution in [0.2, 0.25) is 0 Å². The Labute approximate surface area is 64.1 Å². The van der Waals surface area contributed by atoms with Crippen molar-refractivity contribution >= 4 is 17.7 Å². The molecule has 0 aromatic heterocycles. The van der Waals surface area contributed by atoms with Crippen LogP contribution >= 0.6 is 7.60 Å². The predicted octanol–water partition coefficient (Wildman–Crippen LogP) is -1.42. The largest absolute Gasteiger partial charge is 0.338 e. The SMILES string of the molecule is CS(=O)(=O)O.NCP(=O)(O)O. The molecule has 0 aliphatic carbocycles. The van der Waals surface area contributed by atoms with Crippen molar-refractivity contribution in [3.8, 4) is 0 Å². The van der Waals surface area contributed by atoms with E-state index in [1.165, 1.54) is 0 Å². The summed E-state index contributed by atoms with van der Waals surface area (Å²) in [6, 6.07) is 0. The molecule has 0 fully saturated rings. The quantitative estimate of drug-likeness (QED) is 0.306. The van der Waals surface area contributed by atoms with Gasteiger partial charge in [0.05, 0.1) is 12.5 Å². The van der Waals surface area contributed by atoms with E-state index in [-0.39, 0.29) is 0 Å². The van der Waals surface area contributed by atoms with Crippen LogP contribution in [-0.4, -0.2) is 35.3 Å². The molecule has 0 atom stereocenters. The summed E-state index contributed by atoms with van der Waals surface area (Å²) in [6.45, 7) is 0. The van der Waals surface area contributed by atoms with Crippen molar-refractivity contribution in [2.24, 2.45) is 5.73 Å². The molecule has 0 unspecified atom stereocenters. The molecule has 0 saturated carbocycles. The summed E-state index contributed by atoms with van der Waals surface area (Å²) < 4.78 is 35.4. The van der Waals surface area contributed by atoms with Gasteiger partial charge >= 0.3 is 7.60 Å². The lowest BCUT2D eigenvalue weighted by molar-refractivity contribution is 0.373. The summed E-state index contributed by atoms with van der Waals surface area (Å²) >= 11 is 0. The summed E-state index contributed by atoms with van der Waals surface area (Å²) in [5.41, 5.74) is 4.54. The van der Waals surface area contributed by atoms with E-state index in [9.17, 15) is 13.0 Å². The highest BCUT2D eigenvalue weighted by Crippen LogP contribution is 2.30. The summed E-state index contributed by atoms with van der Waals surface area (Å²) in [6.07, 6.45) is 0.153. The second-order valence-electron chi connectivity index (χ2n) is 1.58. The van der Waals surface area contributed by atoms with Crippen molar-refractivity contribution in [2.75, 3.05) is 12.5 Å². The molecule has 0 radical (unpaired) electrons. The van der Waals surface area contributed by atoms with Crippen LogP contribution in [0.4, 0.5) is 0 Å². The van der Waals surface area contributed by atoms with E-state index >= 15 is 0 Å². The van der Waals surface area contributed by atoms with Crippen molar-refractivity contribution in [1.82, 2.24) is 0 Å². The van der Waals surface area contributed by atoms with Gasteiger partial charge in [-0.15, -0.1) is 0 Å². The molecule has 0 aromatic carbocycles. The smallest absolute Gasteiger partial charge is 0.324 e. The normalized spacial score (nSPS) is 11.7. The molecule has 0 spiro atoms. The van der Waals surface area contributed by atoms with Crippen molar-refractivity contribution in [1.29, 1.82) is 0 Å². The maximum Gasteiger partial charge on any atom is 0.338 e. The molecule has 70 valence electrons. The molecule has 0 aliphatic rings. The Morgan fingerprint density at radius 2 is 1.55 bits per heavy atom. The van der Waals surface area contributed by atoms with Gasteiger partial charge in [0, 0.05) is 0 Å². The van der Waals surface area contributed by atoms with Gasteiger partial charge in [0.1, 0.15) is 0 Å². The number of rotatable bonds is 1. The van der Waals surface area contributed by atoms with E-state index in [0.717, 1.165) is 0 Å². The Hall–Kier alpha value is 0.0200. The molecular formula is C2H10NO6PS. The Morgan fingerprint density at radius 3 is 1.55 bits per heavy atom. The predicted molar refractivity (Wildman–Crippen MR) is 38.6 cm³/mol. The van der Waals surface area contributed by atoms with E-state index in [1.807, 2.05) is 0 Å². The van der Waals surface area contributed by atoms with Crippen molar-refractivity contribution < 1.29 is 27.3 Å². The van der Waals surface area contributed by atoms with E-state index in [0.29, 0.717) is 6.26 Å². The van der Waals surface area contributed by atoms with Gasteiger partial charge in [0.25, 0.3) is 10.1 Å². The van der Waals surface area contributed by atoms with Crippen LogP contribution in [-0.2, 0) is 14.7 Å². The first-order valence-electron chi connectivity index (χ1n) is 2.23. The van der Waals surface area contributed by atoms with E-state index in [2.05, 4.69) is 5.73 Å². The lowest BCUT2D eigenvalue weighted by Crippen LogP contribution is -1.97. The van der Waals surface area contributed by atoms with Crippen LogP contribution in [0, 0.1) is 0 Å². The lowest BCUT2D eigenvalue weighted by Gasteiger charge is -1.92. The molecule has 7 nitrogen and oxygen atoms in total. The second kappa shape index (κ2) is 4.81. The molecule has 5 N–H and O–H groups in total. The van der Waals surface area contributed by atoms with Crippen LogP contribution in [0.25, 0.3) is 0 Å². The highest BCUT2D eigenvalue weighted by atomic mass is 32.2. The molecule has 0 aliphatic heterocycles. The molecule has 9 heteroatoms. The topological polar surface area (TPSA) is 138 Å². The van der Waals surface area contributed by atoms with Crippen LogP contribution in [0.1, 0.15) is 0 Å². The molecule has 0 saturated heterocycles. The number of hydrogen-bond donors (Lipinski definition) is 4. The van der Waals surface area contributed by atoms with Gasteiger partial charge in [-0.3, -0.25) is 9.12 Å². The third-order valence-electron chi connectivity index (χ3n) is 0.238. The zero-order valence-electron chi connectivity index (χ0n) is 5.71. The highest BCUT2D eigenvalue weighted by molar-refractivity contribution is 7.85. The Bertz CT molecular complexity index is 219. The minimum atomic E-state index is -3.87. The summed E-state index contributed by atoms with van der Waals surface area (Å²) in [7, 11) is -7.54. The van der Waals surface area contributed by atoms with Gasteiger partial charge in [-0.05, 0) is 0 Å². The molecule has 0 bridgehead atoms. The summed E-state index contributed by atoms with van der Waals surface area (Å²) in [4.78, 5) is 15.6. The highest BCUT2D eigenvalue weighted by Gasteiger charge is 2.05. The van der Waals surface area contributed by atoms with Gasteiger partial charge in [-0.25, -0.2) is 0 Å². The molecular weight excluding hydrogens is 197 g/mol. The summed E-state index contributed by atoms with van der Waals surface area (Å²) in [5, 5.41) is 0. The molecule has 0 amide bonds. The fraction of sp³-hybridized carbons (Fsp3) is 1.00. The summed E-state index contributed by atoms with van der Waals surface area (Å²) in [5.74, 6) is 0.